The summed E-state index contributed by atoms with van der Waals surface area (Å²) in [6.07, 6.45) is 10.3. The van der Waals surface area contributed by atoms with Gasteiger partial charge in [-0.2, -0.15) is 0 Å². The van der Waals surface area contributed by atoms with Gasteiger partial charge in [0.1, 0.15) is 0 Å². The van der Waals surface area contributed by atoms with Crippen LogP contribution in [0.25, 0.3) is 0 Å². The predicted octanol–water partition coefficient (Wildman–Crippen LogP) is 1.11. The summed E-state index contributed by atoms with van der Waals surface area (Å²) in [5, 5.41) is 0. The molecule has 12 heavy (non-hydrogen) atoms. The van der Waals surface area contributed by atoms with E-state index in [2.05, 4.69) is 35.2 Å². The van der Waals surface area contributed by atoms with Gasteiger partial charge < -0.3 is 5.43 Å². The fourth-order valence-electron chi connectivity index (χ4n) is 2.24. The van der Waals surface area contributed by atoms with Crippen LogP contribution in [0.4, 0.5) is 0 Å². The second kappa shape index (κ2) is 2.23. The number of hydrogen-bond donors (Lipinski definition) is 2. The van der Waals surface area contributed by atoms with Gasteiger partial charge in [-0.1, -0.05) is 18.2 Å². The normalized spacial score (nSPS) is 36.7. The highest BCUT2D eigenvalue weighted by Gasteiger charge is 2.29. The Morgan fingerprint density at radius 2 is 2.42 bits per heavy atom. The molecule has 2 unspecified atom stereocenters. The van der Waals surface area contributed by atoms with Gasteiger partial charge in [0.15, 0.2) is 0 Å². The van der Waals surface area contributed by atoms with Crippen molar-refractivity contribution >= 4 is 0 Å². The Balaban J connectivity index is 1.99. The Morgan fingerprint density at radius 1 is 1.42 bits per heavy atom. The Kier molecular flexibility index (Phi) is 1.21. The lowest BCUT2D eigenvalue weighted by Gasteiger charge is -2.22. The second-order valence-electron chi connectivity index (χ2n) is 3.70. The zero-order valence-corrected chi connectivity index (χ0v) is 6.88. The van der Waals surface area contributed by atoms with E-state index in [0.717, 1.165) is 12.5 Å². The SMILES string of the molecule is C1=CC2CC3CNNC3=CC2=C1. The molecule has 3 rings (SSSR count). The van der Waals surface area contributed by atoms with E-state index in [9.17, 15) is 0 Å². The zero-order valence-electron chi connectivity index (χ0n) is 6.88. The summed E-state index contributed by atoms with van der Waals surface area (Å²) < 4.78 is 0. The molecule has 0 aromatic heterocycles. The highest BCUT2D eigenvalue weighted by atomic mass is 15.4. The summed E-state index contributed by atoms with van der Waals surface area (Å²) in [6, 6.07) is 0. The summed E-state index contributed by atoms with van der Waals surface area (Å²) in [5.41, 5.74) is 9.24. The average molecular weight is 160 g/mol. The van der Waals surface area contributed by atoms with Crippen LogP contribution >= 0.6 is 0 Å². The molecular weight excluding hydrogens is 148 g/mol. The van der Waals surface area contributed by atoms with E-state index in [1.807, 2.05) is 0 Å². The molecule has 1 heterocycles. The molecule has 0 aromatic carbocycles. The fourth-order valence-corrected chi connectivity index (χ4v) is 2.24. The number of rotatable bonds is 0. The molecule has 2 heteroatoms. The number of hydrazine groups is 1. The summed E-state index contributed by atoms with van der Waals surface area (Å²) >= 11 is 0. The molecule has 2 aliphatic carbocycles. The highest BCUT2D eigenvalue weighted by Crippen LogP contribution is 2.36. The first kappa shape index (κ1) is 6.49. The topological polar surface area (TPSA) is 24.1 Å². The van der Waals surface area contributed by atoms with E-state index in [1.165, 1.54) is 17.7 Å². The van der Waals surface area contributed by atoms with Gasteiger partial charge in [-0.3, -0.25) is 0 Å². The van der Waals surface area contributed by atoms with Gasteiger partial charge in [-0.25, -0.2) is 5.43 Å². The predicted molar refractivity (Wildman–Crippen MR) is 48.0 cm³/mol. The largest absolute Gasteiger partial charge is 0.325 e. The standard InChI is InChI=1S/C10H12N2/c1-2-7-4-9-6-11-12-10(9)5-8(7)3-1/h1-3,5,7,9,11-12H,4,6H2. The molecule has 2 nitrogen and oxygen atoms in total. The van der Waals surface area contributed by atoms with Crippen LogP contribution < -0.4 is 10.9 Å². The van der Waals surface area contributed by atoms with Gasteiger partial charge in [0, 0.05) is 24.1 Å². The van der Waals surface area contributed by atoms with Crippen molar-refractivity contribution in [2.75, 3.05) is 6.54 Å². The first-order valence-corrected chi connectivity index (χ1v) is 4.52. The van der Waals surface area contributed by atoms with E-state index in [0.29, 0.717) is 5.92 Å². The minimum absolute atomic E-state index is 0.695. The van der Waals surface area contributed by atoms with Crippen molar-refractivity contribution in [3.63, 3.8) is 0 Å². The molecule has 0 bridgehead atoms. The van der Waals surface area contributed by atoms with Crippen LogP contribution in [0, 0.1) is 11.8 Å². The van der Waals surface area contributed by atoms with Crippen LogP contribution in [0.5, 0.6) is 0 Å². The summed E-state index contributed by atoms with van der Waals surface area (Å²) in [7, 11) is 0. The third kappa shape index (κ3) is 0.786. The molecule has 0 radical (unpaired) electrons. The number of hydrogen-bond acceptors (Lipinski definition) is 2. The summed E-state index contributed by atoms with van der Waals surface area (Å²) in [4.78, 5) is 0. The van der Waals surface area contributed by atoms with E-state index < -0.39 is 0 Å². The second-order valence-corrected chi connectivity index (χ2v) is 3.70. The molecule has 0 saturated carbocycles. The van der Waals surface area contributed by atoms with E-state index in [1.54, 1.807) is 0 Å². The lowest BCUT2D eigenvalue weighted by atomic mass is 9.83. The molecule has 2 N–H and O–H groups in total. The van der Waals surface area contributed by atoms with Crippen LogP contribution in [0.3, 0.4) is 0 Å². The smallest absolute Gasteiger partial charge is 0.0309 e. The van der Waals surface area contributed by atoms with Crippen molar-refractivity contribution in [2.45, 2.75) is 6.42 Å². The molecule has 1 fully saturated rings. The maximum atomic E-state index is 3.21. The van der Waals surface area contributed by atoms with Crippen LogP contribution in [0.2, 0.25) is 0 Å². The molecule has 0 spiro atoms. The lowest BCUT2D eigenvalue weighted by molar-refractivity contribution is 0.521. The minimum atomic E-state index is 0.695. The van der Waals surface area contributed by atoms with Crippen molar-refractivity contribution in [3.8, 4) is 0 Å². The van der Waals surface area contributed by atoms with E-state index >= 15 is 0 Å². The van der Waals surface area contributed by atoms with Crippen LogP contribution in [0.1, 0.15) is 6.42 Å². The molecule has 62 valence electrons. The molecule has 1 saturated heterocycles. The average Bonchev–Trinajstić information content (AvgIpc) is 2.64. The van der Waals surface area contributed by atoms with Crippen LogP contribution in [-0.4, -0.2) is 6.54 Å². The van der Waals surface area contributed by atoms with E-state index in [4.69, 9.17) is 0 Å². The van der Waals surface area contributed by atoms with Gasteiger partial charge in [0.25, 0.3) is 0 Å². The number of nitrogens with one attached hydrogen (secondary N) is 2. The molecule has 1 aliphatic heterocycles. The number of fused-ring (bicyclic) bond motifs is 2. The highest BCUT2D eigenvalue weighted by molar-refractivity contribution is 5.41. The molecule has 0 amide bonds. The maximum Gasteiger partial charge on any atom is 0.0309 e. The summed E-state index contributed by atoms with van der Waals surface area (Å²) in [6.45, 7) is 1.09. The Bertz CT molecular complexity index is 299. The maximum absolute atomic E-state index is 3.21. The zero-order chi connectivity index (χ0) is 7.97. The van der Waals surface area contributed by atoms with Crippen molar-refractivity contribution in [3.05, 3.63) is 35.6 Å². The number of allylic oxidation sites excluding steroid dienone is 5. The van der Waals surface area contributed by atoms with Gasteiger partial charge >= 0.3 is 0 Å². The Labute approximate surface area is 72.0 Å². The Hall–Kier alpha value is -1.02. The third-order valence-electron chi connectivity index (χ3n) is 2.94. The molecule has 2 atom stereocenters. The lowest BCUT2D eigenvalue weighted by Crippen LogP contribution is -2.20. The van der Waals surface area contributed by atoms with Crippen LogP contribution in [0.15, 0.2) is 35.6 Å². The molecular formula is C10H12N2. The van der Waals surface area contributed by atoms with Crippen molar-refractivity contribution in [1.82, 2.24) is 10.9 Å². The van der Waals surface area contributed by atoms with Gasteiger partial charge in [0.2, 0.25) is 0 Å². The molecule has 3 aliphatic rings. The van der Waals surface area contributed by atoms with Crippen molar-refractivity contribution < 1.29 is 0 Å². The molecule has 0 aromatic rings. The minimum Gasteiger partial charge on any atom is -0.325 e. The Morgan fingerprint density at radius 3 is 3.42 bits per heavy atom. The van der Waals surface area contributed by atoms with E-state index in [-0.39, 0.29) is 0 Å². The van der Waals surface area contributed by atoms with Crippen molar-refractivity contribution in [1.29, 1.82) is 0 Å². The summed E-state index contributed by atoms with van der Waals surface area (Å²) in [5.74, 6) is 1.41. The van der Waals surface area contributed by atoms with Gasteiger partial charge in [0.05, 0.1) is 0 Å². The third-order valence-corrected chi connectivity index (χ3v) is 2.94. The van der Waals surface area contributed by atoms with Crippen LogP contribution in [-0.2, 0) is 0 Å². The fraction of sp³-hybridized carbons (Fsp3) is 0.400. The van der Waals surface area contributed by atoms with Gasteiger partial charge in [-0.15, -0.1) is 0 Å². The first-order valence-electron chi connectivity index (χ1n) is 4.52. The monoisotopic (exact) mass is 160 g/mol. The van der Waals surface area contributed by atoms with Gasteiger partial charge in [-0.05, 0) is 18.1 Å². The first-order chi connectivity index (χ1) is 5.93. The van der Waals surface area contributed by atoms with Crippen molar-refractivity contribution in [2.24, 2.45) is 11.8 Å². The quantitative estimate of drug-likeness (QED) is 0.554.